The highest BCUT2D eigenvalue weighted by molar-refractivity contribution is 6.11. The zero-order chi connectivity index (χ0) is 29.0. The van der Waals surface area contributed by atoms with Crippen LogP contribution in [0.4, 0.5) is 0 Å². The summed E-state index contributed by atoms with van der Waals surface area (Å²) in [6, 6.07) is 44.4. The molecule has 0 aliphatic carbocycles. The third-order valence-corrected chi connectivity index (χ3v) is 7.92. The van der Waals surface area contributed by atoms with E-state index in [-0.39, 0.29) is 0 Å². The highest BCUT2D eigenvalue weighted by Gasteiger charge is 2.23. The first-order chi connectivity index (χ1) is 21.8. The van der Waals surface area contributed by atoms with Crippen molar-refractivity contribution in [2.75, 3.05) is 0 Å². The van der Waals surface area contributed by atoms with Crippen LogP contribution in [-0.2, 0) is 0 Å². The normalized spacial score (nSPS) is 11.6. The van der Waals surface area contributed by atoms with Gasteiger partial charge in [0.25, 0.3) is 0 Å². The van der Waals surface area contributed by atoms with E-state index in [4.69, 9.17) is 29.3 Å². The third kappa shape index (κ3) is 3.80. The van der Waals surface area contributed by atoms with Crippen molar-refractivity contribution in [3.8, 4) is 40.2 Å². The Bertz CT molecular complexity index is 2390. The molecule has 0 saturated heterocycles. The first kappa shape index (κ1) is 24.4. The van der Waals surface area contributed by atoms with E-state index in [9.17, 15) is 0 Å². The van der Waals surface area contributed by atoms with E-state index >= 15 is 0 Å². The summed E-state index contributed by atoms with van der Waals surface area (Å²) in [6.45, 7) is 0. The lowest BCUT2D eigenvalue weighted by atomic mass is 10.1. The number of furan rings is 1. The van der Waals surface area contributed by atoms with Crippen molar-refractivity contribution < 1.29 is 4.42 Å². The molecular weight excluding hydrogens is 544 g/mol. The lowest BCUT2D eigenvalue weighted by molar-refractivity contribution is 0.651. The van der Waals surface area contributed by atoms with Gasteiger partial charge >= 0.3 is 0 Å². The van der Waals surface area contributed by atoms with Crippen molar-refractivity contribution in [2.45, 2.75) is 0 Å². The number of hydrogen-bond donors (Lipinski definition) is 0. The Labute approximate surface area is 251 Å². The Hall–Kier alpha value is -6.21. The van der Waals surface area contributed by atoms with Gasteiger partial charge in [0.1, 0.15) is 11.3 Å². The van der Waals surface area contributed by atoms with Gasteiger partial charge in [-0.3, -0.25) is 4.57 Å². The van der Waals surface area contributed by atoms with Gasteiger partial charge in [0.05, 0.1) is 16.4 Å². The molecule has 7 nitrogen and oxygen atoms in total. The molecule has 7 heteroatoms. The smallest absolute Gasteiger partial charge is 0.238 e. The lowest BCUT2D eigenvalue weighted by Crippen LogP contribution is -2.06. The molecule has 44 heavy (non-hydrogen) atoms. The van der Waals surface area contributed by atoms with Gasteiger partial charge in [-0.25, -0.2) is 19.9 Å². The molecule has 4 aromatic heterocycles. The van der Waals surface area contributed by atoms with Gasteiger partial charge in [-0.05, 0) is 18.2 Å². The fourth-order valence-electron chi connectivity index (χ4n) is 5.93. The number of para-hydroxylation sites is 3. The summed E-state index contributed by atoms with van der Waals surface area (Å²) in [5, 5.41) is 3.90. The second kappa shape index (κ2) is 9.68. The zero-order valence-electron chi connectivity index (χ0n) is 23.3. The maximum atomic E-state index is 6.37. The molecule has 206 valence electrons. The summed E-state index contributed by atoms with van der Waals surface area (Å²) < 4.78 is 8.45. The van der Waals surface area contributed by atoms with Crippen LogP contribution in [0.25, 0.3) is 84.1 Å². The van der Waals surface area contributed by atoms with Crippen molar-refractivity contribution in [1.29, 1.82) is 0 Å². The van der Waals surface area contributed by atoms with E-state index in [1.807, 2.05) is 97.1 Å². The molecule has 0 unspecified atom stereocenters. The Balaban J connectivity index is 1.40. The van der Waals surface area contributed by atoms with Gasteiger partial charge in [0.15, 0.2) is 17.5 Å². The van der Waals surface area contributed by atoms with Gasteiger partial charge in [-0.2, -0.15) is 4.98 Å². The Kier molecular flexibility index (Phi) is 5.36. The molecule has 0 radical (unpaired) electrons. The van der Waals surface area contributed by atoms with Crippen LogP contribution in [0, 0.1) is 0 Å². The Morgan fingerprint density at radius 2 is 0.932 bits per heavy atom. The van der Waals surface area contributed by atoms with E-state index in [2.05, 4.69) is 41.0 Å². The van der Waals surface area contributed by atoms with Crippen LogP contribution in [0.2, 0.25) is 0 Å². The van der Waals surface area contributed by atoms with Crippen LogP contribution < -0.4 is 0 Å². The molecule has 0 fully saturated rings. The predicted octanol–water partition coefficient (Wildman–Crippen LogP) is 8.66. The van der Waals surface area contributed by atoms with E-state index in [1.165, 1.54) is 0 Å². The summed E-state index contributed by atoms with van der Waals surface area (Å²) >= 11 is 0. The average molecular weight is 567 g/mol. The van der Waals surface area contributed by atoms with Crippen molar-refractivity contribution >= 4 is 43.9 Å². The van der Waals surface area contributed by atoms with Crippen LogP contribution >= 0.6 is 0 Å². The average Bonchev–Trinajstić information content (AvgIpc) is 3.64. The summed E-state index contributed by atoms with van der Waals surface area (Å²) in [6.07, 6.45) is 0. The Morgan fingerprint density at radius 1 is 0.432 bits per heavy atom. The fourth-order valence-corrected chi connectivity index (χ4v) is 5.93. The molecule has 0 aliphatic rings. The van der Waals surface area contributed by atoms with E-state index in [0.29, 0.717) is 34.8 Å². The third-order valence-electron chi connectivity index (χ3n) is 7.92. The van der Waals surface area contributed by atoms with E-state index < -0.39 is 0 Å². The summed E-state index contributed by atoms with van der Waals surface area (Å²) in [5.74, 6) is 2.05. The maximum absolute atomic E-state index is 6.37. The summed E-state index contributed by atoms with van der Waals surface area (Å²) in [5.41, 5.74) is 5.54. The van der Waals surface area contributed by atoms with Crippen molar-refractivity contribution in [3.63, 3.8) is 0 Å². The van der Waals surface area contributed by atoms with Gasteiger partial charge in [-0.15, -0.1) is 0 Å². The second-order valence-corrected chi connectivity index (χ2v) is 10.6. The molecule has 0 spiro atoms. The van der Waals surface area contributed by atoms with Crippen molar-refractivity contribution in [1.82, 2.24) is 29.5 Å². The van der Waals surface area contributed by atoms with Crippen LogP contribution in [0.3, 0.4) is 0 Å². The molecule has 0 bridgehead atoms. The zero-order valence-corrected chi connectivity index (χ0v) is 23.3. The lowest BCUT2D eigenvalue weighted by Gasteiger charge is -2.11. The standard InChI is InChI=1S/C37H22N6O/c1-3-13-23(14-4-1)33-39-34(24-15-5-2-6-16-24)41-35(40-33)32-31-27-19-9-12-22-30(27)44-36(31)42-37(38-32)43-28-20-10-7-17-25(28)26-18-8-11-21-29(26)43/h1-22H. The molecule has 0 aliphatic heterocycles. The minimum Gasteiger partial charge on any atom is -0.437 e. The number of hydrogen-bond acceptors (Lipinski definition) is 6. The first-order valence-electron chi connectivity index (χ1n) is 14.4. The van der Waals surface area contributed by atoms with Crippen molar-refractivity contribution in [2.24, 2.45) is 0 Å². The Morgan fingerprint density at radius 3 is 1.55 bits per heavy atom. The first-order valence-corrected chi connectivity index (χ1v) is 14.4. The minimum atomic E-state index is 0.443. The number of fused-ring (bicyclic) bond motifs is 6. The quantitative estimate of drug-likeness (QED) is 0.212. The van der Waals surface area contributed by atoms with E-state index in [1.54, 1.807) is 0 Å². The number of nitrogens with zero attached hydrogens (tertiary/aromatic N) is 6. The molecule has 0 amide bonds. The second-order valence-electron chi connectivity index (χ2n) is 10.6. The molecule has 9 rings (SSSR count). The number of aromatic nitrogens is 6. The van der Waals surface area contributed by atoms with Gasteiger partial charge < -0.3 is 4.42 Å². The topological polar surface area (TPSA) is 82.5 Å². The number of rotatable bonds is 4. The molecule has 9 aromatic rings. The van der Waals surface area contributed by atoms with Gasteiger partial charge in [0.2, 0.25) is 11.7 Å². The molecule has 4 heterocycles. The number of benzene rings is 5. The molecular formula is C37H22N6O. The fraction of sp³-hybridized carbons (Fsp3) is 0. The maximum Gasteiger partial charge on any atom is 0.238 e. The van der Waals surface area contributed by atoms with Crippen LogP contribution in [0.1, 0.15) is 0 Å². The van der Waals surface area contributed by atoms with Crippen LogP contribution in [0.15, 0.2) is 138 Å². The predicted molar refractivity (Wildman–Crippen MR) is 173 cm³/mol. The van der Waals surface area contributed by atoms with Crippen LogP contribution in [-0.4, -0.2) is 29.5 Å². The molecule has 5 aromatic carbocycles. The van der Waals surface area contributed by atoms with Gasteiger partial charge in [-0.1, -0.05) is 115 Å². The van der Waals surface area contributed by atoms with Gasteiger partial charge in [0, 0.05) is 27.3 Å². The van der Waals surface area contributed by atoms with Crippen molar-refractivity contribution in [3.05, 3.63) is 133 Å². The van der Waals surface area contributed by atoms with Crippen LogP contribution in [0.5, 0.6) is 0 Å². The SMILES string of the molecule is c1ccc(-c2nc(-c3ccccc3)nc(-c3nc(-n4c5ccccc5c5ccccc54)nc4oc5ccccc5c34)n2)cc1. The molecule has 0 N–H and O–H groups in total. The summed E-state index contributed by atoms with van der Waals surface area (Å²) in [4.78, 5) is 25.2. The van der Waals surface area contributed by atoms with E-state index in [0.717, 1.165) is 49.3 Å². The minimum absolute atomic E-state index is 0.443. The highest BCUT2D eigenvalue weighted by Crippen LogP contribution is 2.37. The highest BCUT2D eigenvalue weighted by atomic mass is 16.3. The summed E-state index contributed by atoms with van der Waals surface area (Å²) in [7, 11) is 0. The molecule has 0 atom stereocenters. The molecule has 0 saturated carbocycles. The monoisotopic (exact) mass is 566 g/mol. The largest absolute Gasteiger partial charge is 0.437 e.